The second-order valence-corrected chi connectivity index (χ2v) is 7.99. The lowest BCUT2D eigenvalue weighted by Crippen LogP contribution is -2.19. The van der Waals surface area contributed by atoms with E-state index in [2.05, 4.69) is 4.74 Å². The Morgan fingerprint density at radius 2 is 1.61 bits per heavy atom. The molecule has 0 aromatic heterocycles. The molecule has 3 aromatic carbocycles. The molecule has 0 spiro atoms. The molecule has 0 unspecified atom stereocenters. The van der Waals surface area contributed by atoms with Gasteiger partial charge in [0.15, 0.2) is 18.1 Å². The first-order valence-corrected chi connectivity index (χ1v) is 11.2. The van der Waals surface area contributed by atoms with Crippen molar-refractivity contribution in [3.63, 3.8) is 0 Å². The molecule has 0 amide bonds. The third kappa shape index (κ3) is 8.77. The number of alkyl halides is 3. The molecule has 0 saturated carbocycles. The summed E-state index contributed by atoms with van der Waals surface area (Å²) < 4.78 is 57.2. The van der Waals surface area contributed by atoms with Crippen LogP contribution >= 0.6 is 0 Å². The highest BCUT2D eigenvalue weighted by Crippen LogP contribution is 2.29. The molecule has 0 radical (unpaired) electrons. The number of nitrogens with two attached hydrogens (primary N) is 2. The van der Waals surface area contributed by atoms with Crippen LogP contribution in [0.4, 0.5) is 24.5 Å². The first kappa shape index (κ1) is 27.9. The third-order valence-corrected chi connectivity index (χ3v) is 4.97. The first-order chi connectivity index (χ1) is 18.0. The number of halogens is 3. The van der Waals surface area contributed by atoms with E-state index in [1.807, 2.05) is 0 Å². The fourth-order valence-electron chi connectivity index (χ4n) is 3.26. The molecule has 0 aliphatic rings. The van der Waals surface area contributed by atoms with Crippen LogP contribution in [0.2, 0.25) is 0 Å². The fraction of sp³-hybridized carbons (Fsp3) is 0.185. The van der Waals surface area contributed by atoms with Gasteiger partial charge in [-0.05, 0) is 71.8 Å². The van der Waals surface area contributed by atoms with Crippen LogP contribution in [0.15, 0.2) is 66.7 Å². The molecule has 3 aromatic rings. The summed E-state index contributed by atoms with van der Waals surface area (Å²) in [7, 11) is 1.38. The van der Waals surface area contributed by atoms with Gasteiger partial charge >= 0.3 is 18.1 Å². The minimum atomic E-state index is -4.47. The van der Waals surface area contributed by atoms with Crippen LogP contribution in [-0.2, 0) is 16.0 Å². The van der Waals surface area contributed by atoms with Gasteiger partial charge in [0, 0.05) is 23.9 Å². The number of rotatable bonds is 10. The van der Waals surface area contributed by atoms with E-state index in [0.717, 1.165) is 5.56 Å². The van der Waals surface area contributed by atoms with Crippen molar-refractivity contribution in [2.75, 3.05) is 31.8 Å². The van der Waals surface area contributed by atoms with Crippen LogP contribution < -0.4 is 25.7 Å². The van der Waals surface area contributed by atoms with Crippen LogP contribution in [-0.4, -0.2) is 38.4 Å². The molecule has 0 heterocycles. The zero-order valence-corrected chi connectivity index (χ0v) is 20.3. The van der Waals surface area contributed by atoms with Crippen LogP contribution in [0.3, 0.4) is 0 Å². The van der Waals surface area contributed by atoms with E-state index in [1.165, 1.54) is 49.6 Å². The van der Waals surface area contributed by atoms with Crippen LogP contribution in [0.1, 0.15) is 21.5 Å². The second kappa shape index (κ2) is 12.5. The average Bonchev–Trinajstić information content (AvgIpc) is 2.86. The highest BCUT2D eigenvalue weighted by atomic mass is 19.4. The largest absolute Gasteiger partial charge is 0.493 e. The molecule has 0 fully saturated rings. The minimum absolute atomic E-state index is 0.0411. The smallest absolute Gasteiger partial charge is 0.422 e. The number of ether oxygens (including phenoxy) is 4. The molecule has 38 heavy (non-hydrogen) atoms. The zero-order valence-electron chi connectivity index (χ0n) is 20.3. The lowest BCUT2D eigenvalue weighted by atomic mass is 10.1. The third-order valence-electron chi connectivity index (χ3n) is 4.97. The number of anilines is 2. The van der Waals surface area contributed by atoms with E-state index in [1.54, 1.807) is 30.3 Å². The van der Waals surface area contributed by atoms with E-state index in [9.17, 15) is 22.8 Å². The Hall–Kier alpha value is -4.67. The quantitative estimate of drug-likeness (QED) is 0.166. The molecular formula is C27H25F3N2O6. The summed E-state index contributed by atoms with van der Waals surface area (Å²) in [5.41, 5.74) is 14.1. The Kier molecular flexibility index (Phi) is 9.20. The second-order valence-electron chi connectivity index (χ2n) is 7.99. The Morgan fingerprint density at radius 3 is 2.24 bits per heavy atom. The van der Waals surface area contributed by atoms with Gasteiger partial charge in [0.25, 0.3) is 0 Å². The van der Waals surface area contributed by atoms with Crippen molar-refractivity contribution in [2.24, 2.45) is 0 Å². The van der Waals surface area contributed by atoms with Crippen molar-refractivity contribution in [1.82, 2.24) is 0 Å². The monoisotopic (exact) mass is 530 g/mol. The summed E-state index contributed by atoms with van der Waals surface area (Å²) in [6, 6.07) is 14.8. The number of methoxy groups -OCH3 is 1. The molecule has 200 valence electrons. The van der Waals surface area contributed by atoms with Crippen molar-refractivity contribution in [1.29, 1.82) is 0 Å². The van der Waals surface area contributed by atoms with Gasteiger partial charge in [0.2, 0.25) is 0 Å². The molecule has 8 nitrogen and oxygen atoms in total. The predicted molar refractivity (Wildman–Crippen MR) is 135 cm³/mol. The van der Waals surface area contributed by atoms with Gasteiger partial charge < -0.3 is 30.4 Å². The Labute approximate surface area is 216 Å². The van der Waals surface area contributed by atoms with Gasteiger partial charge in [0.05, 0.1) is 19.3 Å². The number of nitrogen functional groups attached to an aromatic ring is 2. The molecule has 0 aliphatic carbocycles. The summed E-state index contributed by atoms with van der Waals surface area (Å²) in [4.78, 5) is 24.5. The first-order valence-electron chi connectivity index (χ1n) is 11.2. The highest BCUT2D eigenvalue weighted by Gasteiger charge is 2.28. The summed E-state index contributed by atoms with van der Waals surface area (Å²) in [5, 5.41) is 0. The summed E-state index contributed by atoms with van der Waals surface area (Å²) >= 11 is 0. The van der Waals surface area contributed by atoms with Crippen molar-refractivity contribution >= 4 is 29.4 Å². The van der Waals surface area contributed by atoms with Crippen LogP contribution in [0.25, 0.3) is 6.08 Å². The summed E-state index contributed by atoms with van der Waals surface area (Å²) in [6.45, 7) is -1.30. The van der Waals surface area contributed by atoms with Gasteiger partial charge in [-0.25, -0.2) is 9.59 Å². The van der Waals surface area contributed by atoms with Gasteiger partial charge in [-0.2, -0.15) is 13.2 Å². The predicted octanol–water partition coefficient (Wildman–Crippen LogP) is 4.82. The van der Waals surface area contributed by atoms with E-state index in [-0.39, 0.29) is 29.4 Å². The number of esters is 2. The van der Waals surface area contributed by atoms with Crippen molar-refractivity contribution < 1.29 is 41.7 Å². The molecule has 3 rings (SSSR count). The number of carbonyl (C=O) groups is 2. The van der Waals surface area contributed by atoms with Crippen molar-refractivity contribution in [3.8, 4) is 17.2 Å². The maximum atomic E-state index is 12.5. The molecular weight excluding hydrogens is 505 g/mol. The molecule has 0 bridgehead atoms. The molecule has 11 heteroatoms. The molecule has 0 aliphatic heterocycles. The highest BCUT2D eigenvalue weighted by molar-refractivity contribution is 5.91. The van der Waals surface area contributed by atoms with Crippen LogP contribution in [0.5, 0.6) is 17.2 Å². The van der Waals surface area contributed by atoms with Gasteiger partial charge in [-0.15, -0.1) is 0 Å². The van der Waals surface area contributed by atoms with Crippen molar-refractivity contribution in [3.05, 3.63) is 83.4 Å². The van der Waals surface area contributed by atoms with Gasteiger partial charge in [0.1, 0.15) is 5.75 Å². The van der Waals surface area contributed by atoms with E-state index in [0.29, 0.717) is 23.4 Å². The summed E-state index contributed by atoms with van der Waals surface area (Å²) in [5.74, 6) is -1.02. The average molecular weight is 530 g/mol. The number of carbonyl (C=O) groups excluding carboxylic acids is 2. The fourth-order valence-corrected chi connectivity index (χ4v) is 3.26. The minimum Gasteiger partial charge on any atom is -0.493 e. The normalized spacial score (nSPS) is 11.3. The lowest BCUT2D eigenvalue weighted by molar-refractivity contribution is -0.153. The number of hydrogen-bond donors (Lipinski definition) is 2. The summed E-state index contributed by atoms with van der Waals surface area (Å²) in [6.07, 6.45) is -1.26. The van der Waals surface area contributed by atoms with E-state index >= 15 is 0 Å². The maximum Gasteiger partial charge on any atom is 0.422 e. The van der Waals surface area contributed by atoms with E-state index < -0.39 is 24.7 Å². The standard InChI is InChI=1S/C27H25F3N2O6/c1-35-24-14-17(3-9-25(33)36-11-10-18-12-20(31)15-21(32)13-18)2-8-23(24)38-26(34)19-4-6-22(7-5-19)37-16-27(28,29)30/h2-9,12-15H,10-11,16,31-32H2,1H3. The van der Waals surface area contributed by atoms with Crippen LogP contribution in [0, 0.1) is 0 Å². The maximum absolute atomic E-state index is 12.5. The Bertz CT molecular complexity index is 1290. The number of hydrogen-bond acceptors (Lipinski definition) is 8. The number of benzene rings is 3. The topological polar surface area (TPSA) is 123 Å². The van der Waals surface area contributed by atoms with Gasteiger partial charge in [-0.1, -0.05) is 6.07 Å². The zero-order chi connectivity index (χ0) is 27.7. The van der Waals surface area contributed by atoms with Crippen molar-refractivity contribution in [2.45, 2.75) is 12.6 Å². The Balaban J connectivity index is 1.55. The molecule has 0 saturated heterocycles. The Morgan fingerprint density at radius 1 is 0.921 bits per heavy atom. The lowest BCUT2D eigenvalue weighted by Gasteiger charge is -2.11. The SMILES string of the molecule is COc1cc(C=CC(=O)OCCc2cc(N)cc(N)c2)ccc1OC(=O)c1ccc(OCC(F)(F)F)cc1. The molecule has 4 N–H and O–H groups in total. The van der Waals surface area contributed by atoms with Gasteiger partial charge in [-0.3, -0.25) is 0 Å². The van der Waals surface area contributed by atoms with E-state index in [4.69, 9.17) is 25.7 Å². The molecule has 0 atom stereocenters.